The molecule has 0 fully saturated rings. The molecule has 0 radical (unpaired) electrons. The lowest BCUT2D eigenvalue weighted by Gasteiger charge is -2.23. The Bertz CT molecular complexity index is 587. The predicted octanol–water partition coefficient (Wildman–Crippen LogP) is 1.37. The van der Waals surface area contributed by atoms with Gasteiger partial charge < -0.3 is 10.1 Å². The molecule has 0 aromatic heterocycles. The zero-order valence-electron chi connectivity index (χ0n) is 12.2. The molecule has 1 heterocycles. The molecule has 0 saturated carbocycles. The Morgan fingerprint density at radius 1 is 1.24 bits per heavy atom. The summed E-state index contributed by atoms with van der Waals surface area (Å²) < 4.78 is 31.1. The van der Waals surface area contributed by atoms with Gasteiger partial charge in [-0.05, 0) is 31.5 Å². The van der Waals surface area contributed by atoms with E-state index in [2.05, 4.69) is 10.3 Å². The van der Waals surface area contributed by atoms with Crippen molar-refractivity contribution in [1.82, 2.24) is 9.62 Å². The summed E-state index contributed by atoms with van der Waals surface area (Å²) in [6.07, 6.45) is 3.11. The summed E-state index contributed by atoms with van der Waals surface area (Å²) in [6, 6.07) is 6.81. The fraction of sp³-hybridized carbons (Fsp3) is 0.500. The van der Waals surface area contributed by atoms with E-state index in [1.807, 2.05) is 0 Å². The molecule has 0 spiro atoms. The minimum absolute atomic E-state index is 0.283. The van der Waals surface area contributed by atoms with Crippen LogP contribution in [0.1, 0.15) is 12.8 Å². The molecule has 0 bridgehead atoms. The summed E-state index contributed by atoms with van der Waals surface area (Å²) in [7, 11) is -1.77. The van der Waals surface area contributed by atoms with Crippen molar-refractivity contribution in [2.24, 2.45) is 4.99 Å². The number of unbranched alkanes of at least 4 members (excludes halogenated alkanes) is 1. The first-order valence-electron chi connectivity index (χ1n) is 7.01. The molecule has 2 rings (SSSR count). The number of benzene rings is 1. The Hall–Kier alpha value is -1.44. The molecule has 1 N–H and O–H groups in total. The summed E-state index contributed by atoms with van der Waals surface area (Å²) in [5.74, 6) is 0. The second-order valence-electron chi connectivity index (χ2n) is 4.78. The predicted molar refractivity (Wildman–Crippen MR) is 82.5 cm³/mol. The average molecular weight is 311 g/mol. The summed E-state index contributed by atoms with van der Waals surface area (Å²) in [5, 5.41) is 3.23. The SMILES string of the molecule is COCCNCCCCN1C=Nc2ccccc2S1(=O)=O. The zero-order valence-corrected chi connectivity index (χ0v) is 13.0. The summed E-state index contributed by atoms with van der Waals surface area (Å²) >= 11 is 0. The second kappa shape index (κ2) is 7.53. The Morgan fingerprint density at radius 3 is 2.86 bits per heavy atom. The second-order valence-corrected chi connectivity index (χ2v) is 6.64. The molecule has 1 aromatic rings. The number of hydrogen-bond acceptors (Lipinski definition) is 5. The molecule has 0 saturated heterocycles. The molecule has 1 aliphatic heterocycles. The lowest BCUT2D eigenvalue weighted by Crippen LogP contribution is -2.33. The molecule has 0 unspecified atom stereocenters. The molecule has 1 aromatic carbocycles. The number of aliphatic imine (C=N–C) groups is 1. The number of rotatable bonds is 8. The van der Waals surface area contributed by atoms with E-state index in [4.69, 9.17) is 4.74 Å². The van der Waals surface area contributed by atoms with Crippen molar-refractivity contribution < 1.29 is 13.2 Å². The van der Waals surface area contributed by atoms with Gasteiger partial charge in [0, 0.05) is 20.2 Å². The van der Waals surface area contributed by atoms with E-state index in [-0.39, 0.29) is 4.90 Å². The Labute approximate surface area is 125 Å². The van der Waals surface area contributed by atoms with E-state index in [0.29, 0.717) is 18.8 Å². The highest BCUT2D eigenvalue weighted by Gasteiger charge is 2.27. The van der Waals surface area contributed by atoms with Crippen LogP contribution in [0.5, 0.6) is 0 Å². The molecule has 116 valence electrons. The van der Waals surface area contributed by atoms with Gasteiger partial charge in [-0.15, -0.1) is 0 Å². The van der Waals surface area contributed by atoms with Crippen LogP contribution in [0.4, 0.5) is 5.69 Å². The molecule has 21 heavy (non-hydrogen) atoms. The zero-order chi connectivity index (χ0) is 15.1. The number of fused-ring (bicyclic) bond motifs is 1. The van der Waals surface area contributed by atoms with E-state index < -0.39 is 10.0 Å². The van der Waals surface area contributed by atoms with Crippen LogP contribution < -0.4 is 5.32 Å². The van der Waals surface area contributed by atoms with Crippen LogP contribution in [0.15, 0.2) is 34.2 Å². The molecule has 7 heteroatoms. The number of methoxy groups -OCH3 is 1. The Balaban J connectivity index is 1.83. The van der Waals surface area contributed by atoms with Gasteiger partial charge in [0.1, 0.15) is 11.2 Å². The normalized spacial score (nSPS) is 16.0. The first-order chi connectivity index (χ1) is 10.2. The number of nitrogens with zero attached hydrogens (tertiary/aromatic N) is 2. The molecule has 0 amide bonds. The van der Waals surface area contributed by atoms with E-state index in [9.17, 15) is 8.42 Å². The number of nitrogens with one attached hydrogen (secondary N) is 1. The first-order valence-corrected chi connectivity index (χ1v) is 8.45. The van der Waals surface area contributed by atoms with Gasteiger partial charge in [-0.25, -0.2) is 13.4 Å². The maximum Gasteiger partial charge on any atom is 0.267 e. The summed E-state index contributed by atoms with van der Waals surface area (Å²) in [6.45, 7) is 2.80. The van der Waals surface area contributed by atoms with Crippen molar-refractivity contribution in [2.45, 2.75) is 17.7 Å². The highest BCUT2D eigenvalue weighted by Crippen LogP contribution is 2.29. The maximum absolute atomic E-state index is 12.4. The monoisotopic (exact) mass is 311 g/mol. The van der Waals surface area contributed by atoms with Crippen molar-refractivity contribution in [3.63, 3.8) is 0 Å². The van der Waals surface area contributed by atoms with Crippen molar-refractivity contribution in [2.75, 3.05) is 33.4 Å². The standard InChI is InChI=1S/C14H21N3O3S/c1-20-11-9-15-8-4-5-10-17-12-16-13-6-2-3-7-14(13)21(17,18)19/h2-3,6-7,12,15H,4-5,8-11H2,1H3. The number of sulfonamides is 1. The van der Waals surface area contributed by atoms with Gasteiger partial charge >= 0.3 is 0 Å². The fourth-order valence-corrected chi connectivity index (χ4v) is 3.52. The van der Waals surface area contributed by atoms with Crippen molar-refractivity contribution in [3.05, 3.63) is 24.3 Å². The van der Waals surface area contributed by atoms with Crippen LogP contribution in [0.25, 0.3) is 0 Å². The number of para-hydroxylation sites is 1. The van der Waals surface area contributed by atoms with Crippen LogP contribution in [0.2, 0.25) is 0 Å². The van der Waals surface area contributed by atoms with E-state index >= 15 is 0 Å². The summed E-state index contributed by atoms with van der Waals surface area (Å²) in [5.41, 5.74) is 0.509. The molecule has 0 aliphatic carbocycles. The Kier molecular flexibility index (Phi) is 5.72. The Morgan fingerprint density at radius 2 is 2.05 bits per heavy atom. The highest BCUT2D eigenvalue weighted by atomic mass is 32.2. The molecular weight excluding hydrogens is 290 g/mol. The van der Waals surface area contributed by atoms with Gasteiger partial charge in [-0.3, -0.25) is 4.31 Å². The third-order valence-corrected chi connectivity index (χ3v) is 5.04. The van der Waals surface area contributed by atoms with Gasteiger partial charge in [0.05, 0.1) is 12.3 Å². The fourth-order valence-electron chi connectivity index (χ4n) is 2.09. The third-order valence-electron chi connectivity index (χ3n) is 3.24. The largest absolute Gasteiger partial charge is 0.383 e. The summed E-state index contributed by atoms with van der Waals surface area (Å²) in [4.78, 5) is 4.48. The lowest BCUT2D eigenvalue weighted by molar-refractivity contribution is 0.199. The van der Waals surface area contributed by atoms with E-state index in [1.165, 1.54) is 10.6 Å². The minimum Gasteiger partial charge on any atom is -0.383 e. The van der Waals surface area contributed by atoms with Crippen LogP contribution in [0.3, 0.4) is 0 Å². The smallest absolute Gasteiger partial charge is 0.267 e. The highest BCUT2D eigenvalue weighted by molar-refractivity contribution is 7.89. The molecule has 1 aliphatic rings. The van der Waals surface area contributed by atoms with Crippen LogP contribution >= 0.6 is 0 Å². The van der Waals surface area contributed by atoms with Crippen molar-refractivity contribution >= 4 is 22.0 Å². The molecular formula is C14H21N3O3S. The molecule has 0 atom stereocenters. The molecule has 6 nitrogen and oxygen atoms in total. The van der Waals surface area contributed by atoms with E-state index in [1.54, 1.807) is 31.4 Å². The third kappa shape index (κ3) is 4.03. The van der Waals surface area contributed by atoms with Gasteiger partial charge in [0.15, 0.2) is 0 Å². The lowest BCUT2D eigenvalue weighted by atomic mass is 10.3. The van der Waals surface area contributed by atoms with Crippen molar-refractivity contribution in [3.8, 4) is 0 Å². The minimum atomic E-state index is -3.44. The number of hydrogen-bond donors (Lipinski definition) is 1. The van der Waals surface area contributed by atoms with Crippen molar-refractivity contribution in [1.29, 1.82) is 0 Å². The maximum atomic E-state index is 12.4. The topological polar surface area (TPSA) is 71.0 Å². The van der Waals surface area contributed by atoms with Gasteiger partial charge in [0.25, 0.3) is 10.0 Å². The number of ether oxygens (including phenoxy) is 1. The first kappa shape index (κ1) is 15.9. The van der Waals surface area contributed by atoms with E-state index in [0.717, 1.165) is 25.9 Å². The van der Waals surface area contributed by atoms with Crippen LogP contribution in [0, 0.1) is 0 Å². The van der Waals surface area contributed by atoms with Crippen LogP contribution in [-0.4, -0.2) is 52.4 Å². The van der Waals surface area contributed by atoms with Gasteiger partial charge in [-0.2, -0.15) is 0 Å². The quantitative estimate of drug-likeness (QED) is 0.736. The van der Waals surface area contributed by atoms with Gasteiger partial charge in [0.2, 0.25) is 0 Å². The van der Waals surface area contributed by atoms with Gasteiger partial charge in [-0.1, -0.05) is 12.1 Å². The average Bonchev–Trinajstić information content (AvgIpc) is 2.48. The van der Waals surface area contributed by atoms with Crippen LogP contribution in [-0.2, 0) is 14.8 Å².